The molecule has 2 aromatic rings. The van der Waals surface area contributed by atoms with E-state index in [2.05, 4.69) is 0 Å². The lowest BCUT2D eigenvalue weighted by Crippen LogP contribution is -2.52. The summed E-state index contributed by atoms with van der Waals surface area (Å²) in [5, 5.41) is 0. The summed E-state index contributed by atoms with van der Waals surface area (Å²) in [6, 6.07) is 16.1. The first-order valence-corrected chi connectivity index (χ1v) is 8.73. The minimum atomic E-state index is -0.404. The summed E-state index contributed by atoms with van der Waals surface area (Å²) >= 11 is 0. The van der Waals surface area contributed by atoms with Gasteiger partial charge in [0.2, 0.25) is 0 Å². The fourth-order valence-corrected chi connectivity index (χ4v) is 2.76. The van der Waals surface area contributed by atoms with Gasteiger partial charge in [0.15, 0.2) is 18.1 Å². The van der Waals surface area contributed by atoms with Crippen LogP contribution in [0.3, 0.4) is 0 Å². The van der Waals surface area contributed by atoms with Crippen LogP contribution in [0.25, 0.3) is 0 Å². The Hall–Kier alpha value is -3.22. The second kappa shape index (κ2) is 8.93. The molecule has 0 N–H and O–H groups in total. The van der Waals surface area contributed by atoms with Crippen molar-refractivity contribution in [3.63, 3.8) is 0 Å². The van der Waals surface area contributed by atoms with E-state index in [0.717, 1.165) is 0 Å². The molecule has 1 fully saturated rings. The number of ether oxygens (including phenoxy) is 3. The average molecular weight is 370 g/mol. The van der Waals surface area contributed by atoms with Gasteiger partial charge in [0.05, 0.1) is 7.11 Å². The fourth-order valence-electron chi connectivity index (χ4n) is 2.76. The van der Waals surface area contributed by atoms with Crippen LogP contribution < -0.4 is 14.2 Å². The van der Waals surface area contributed by atoms with Crippen molar-refractivity contribution >= 4 is 12.0 Å². The van der Waals surface area contributed by atoms with E-state index in [-0.39, 0.29) is 12.5 Å². The third kappa shape index (κ3) is 4.91. The second-order valence-corrected chi connectivity index (χ2v) is 5.99. The largest absolute Gasteiger partial charge is 0.493 e. The number of piperazine rings is 1. The van der Waals surface area contributed by atoms with Crippen molar-refractivity contribution in [2.75, 3.05) is 39.9 Å². The number of para-hydroxylation sites is 3. The molecule has 2 aromatic carbocycles. The molecular weight excluding hydrogens is 348 g/mol. The van der Waals surface area contributed by atoms with Crippen LogP contribution in [0.4, 0.5) is 4.79 Å². The highest BCUT2D eigenvalue weighted by Gasteiger charge is 2.25. The zero-order valence-electron chi connectivity index (χ0n) is 15.2. The van der Waals surface area contributed by atoms with E-state index in [1.807, 2.05) is 18.2 Å². The fraction of sp³-hybridized carbons (Fsp3) is 0.300. The van der Waals surface area contributed by atoms with Crippen LogP contribution in [0.2, 0.25) is 0 Å². The Labute approximate surface area is 158 Å². The zero-order chi connectivity index (χ0) is 19.1. The van der Waals surface area contributed by atoms with Crippen LogP contribution in [0, 0.1) is 0 Å². The molecule has 0 saturated carbocycles. The molecule has 0 aromatic heterocycles. The zero-order valence-corrected chi connectivity index (χ0v) is 15.2. The molecule has 0 bridgehead atoms. The van der Waals surface area contributed by atoms with Gasteiger partial charge in [0.1, 0.15) is 5.75 Å². The summed E-state index contributed by atoms with van der Waals surface area (Å²) in [6.45, 7) is 1.66. The standard InChI is InChI=1S/C20H22N2O5/c1-25-17-9-5-6-10-18(17)26-15-19(23)21-11-13-22(14-12-21)20(24)27-16-7-3-2-4-8-16/h2-10H,11-15H2,1H3. The normalized spacial score (nSPS) is 13.8. The van der Waals surface area contributed by atoms with Gasteiger partial charge in [0, 0.05) is 26.2 Å². The number of benzene rings is 2. The SMILES string of the molecule is COc1ccccc1OCC(=O)N1CCN(C(=O)Oc2ccccc2)CC1. The molecule has 1 aliphatic heterocycles. The highest BCUT2D eigenvalue weighted by molar-refractivity contribution is 5.78. The topological polar surface area (TPSA) is 68.3 Å². The summed E-state index contributed by atoms with van der Waals surface area (Å²) in [5.41, 5.74) is 0. The molecule has 142 valence electrons. The van der Waals surface area contributed by atoms with Gasteiger partial charge in [-0.15, -0.1) is 0 Å². The Morgan fingerprint density at radius 1 is 0.852 bits per heavy atom. The number of nitrogens with zero attached hydrogens (tertiary/aromatic N) is 2. The number of carbonyl (C=O) groups excluding carboxylic acids is 2. The number of carbonyl (C=O) groups is 2. The maximum atomic E-state index is 12.4. The molecule has 0 unspecified atom stereocenters. The summed E-state index contributed by atoms with van der Waals surface area (Å²) in [6.07, 6.45) is -0.404. The summed E-state index contributed by atoms with van der Waals surface area (Å²) in [7, 11) is 1.55. The Kier molecular flexibility index (Phi) is 6.14. The van der Waals surface area contributed by atoms with E-state index < -0.39 is 6.09 Å². The lowest BCUT2D eigenvalue weighted by molar-refractivity contribution is -0.134. The Balaban J connectivity index is 1.45. The molecule has 1 heterocycles. The van der Waals surface area contributed by atoms with Gasteiger partial charge in [-0.05, 0) is 24.3 Å². The van der Waals surface area contributed by atoms with Crippen LogP contribution in [0.5, 0.6) is 17.2 Å². The predicted octanol–water partition coefficient (Wildman–Crippen LogP) is 2.42. The summed E-state index contributed by atoms with van der Waals surface area (Å²) in [4.78, 5) is 27.8. The molecule has 27 heavy (non-hydrogen) atoms. The van der Waals surface area contributed by atoms with Crippen LogP contribution in [-0.4, -0.2) is 61.7 Å². The van der Waals surface area contributed by atoms with Crippen molar-refractivity contribution in [1.29, 1.82) is 0 Å². The highest BCUT2D eigenvalue weighted by atomic mass is 16.6. The molecule has 7 nitrogen and oxygen atoms in total. The third-order valence-electron chi connectivity index (χ3n) is 4.26. The minimum absolute atomic E-state index is 0.0746. The van der Waals surface area contributed by atoms with Crippen LogP contribution in [-0.2, 0) is 4.79 Å². The van der Waals surface area contributed by atoms with E-state index in [9.17, 15) is 9.59 Å². The van der Waals surface area contributed by atoms with Crippen molar-refractivity contribution < 1.29 is 23.8 Å². The smallest absolute Gasteiger partial charge is 0.415 e. The van der Waals surface area contributed by atoms with E-state index in [4.69, 9.17) is 14.2 Å². The molecule has 0 aliphatic carbocycles. The van der Waals surface area contributed by atoms with Gasteiger partial charge in [-0.25, -0.2) is 4.79 Å². The van der Waals surface area contributed by atoms with Crippen molar-refractivity contribution in [3.8, 4) is 17.2 Å². The first kappa shape index (κ1) is 18.6. The van der Waals surface area contributed by atoms with E-state index in [0.29, 0.717) is 43.4 Å². The third-order valence-corrected chi connectivity index (χ3v) is 4.26. The van der Waals surface area contributed by atoms with Crippen LogP contribution in [0.15, 0.2) is 54.6 Å². The quantitative estimate of drug-likeness (QED) is 0.809. The maximum absolute atomic E-state index is 12.4. The Bertz CT molecular complexity index is 773. The van der Waals surface area contributed by atoms with Gasteiger partial charge >= 0.3 is 6.09 Å². The van der Waals surface area contributed by atoms with Gasteiger partial charge in [-0.3, -0.25) is 4.79 Å². The van der Waals surface area contributed by atoms with E-state index >= 15 is 0 Å². The molecule has 1 saturated heterocycles. The Morgan fingerprint density at radius 2 is 1.44 bits per heavy atom. The molecule has 0 spiro atoms. The summed E-state index contributed by atoms with van der Waals surface area (Å²) < 4.78 is 16.1. The van der Waals surface area contributed by atoms with Crippen LogP contribution in [0.1, 0.15) is 0 Å². The first-order chi connectivity index (χ1) is 13.2. The average Bonchev–Trinajstić information content (AvgIpc) is 2.73. The number of amides is 2. The molecule has 0 atom stereocenters. The number of rotatable bonds is 5. The predicted molar refractivity (Wildman–Crippen MR) is 99.1 cm³/mol. The van der Waals surface area contributed by atoms with Gasteiger partial charge in [-0.1, -0.05) is 30.3 Å². The molecule has 0 radical (unpaired) electrons. The van der Waals surface area contributed by atoms with Crippen molar-refractivity contribution in [1.82, 2.24) is 9.80 Å². The number of methoxy groups -OCH3 is 1. The lowest BCUT2D eigenvalue weighted by atomic mass is 10.3. The number of hydrogen-bond acceptors (Lipinski definition) is 5. The van der Waals surface area contributed by atoms with Gasteiger partial charge < -0.3 is 24.0 Å². The summed E-state index contributed by atoms with van der Waals surface area (Å²) in [5.74, 6) is 1.49. The van der Waals surface area contributed by atoms with Crippen molar-refractivity contribution in [2.24, 2.45) is 0 Å². The molecule has 1 aliphatic rings. The van der Waals surface area contributed by atoms with Gasteiger partial charge in [-0.2, -0.15) is 0 Å². The van der Waals surface area contributed by atoms with Crippen molar-refractivity contribution in [3.05, 3.63) is 54.6 Å². The molecule has 7 heteroatoms. The molecule has 3 rings (SSSR count). The highest BCUT2D eigenvalue weighted by Crippen LogP contribution is 2.25. The minimum Gasteiger partial charge on any atom is -0.493 e. The monoisotopic (exact) mass is 370 g/mol. The van der Waals surface area contributed by atoms with E-state index in [1.54, 1.807) is 53.3 Å². The maximum Gasteiger partial charge on any atom is 0.415 e. The Morgan fingerprint density at radius 3 is 2.11 bits per heavy atom. The lowest BCUT2D eigenvalue weighted by Gasteiger charge is -2.34. The van der Waals surface area contributed by atoms with Crippen molar-refractivity contribution in [2.45, 2.75) is 0 Å². The first-order valence-electron chi connectivity index (χ1n) is 8.73. The molecule has 2 amide bonds. The number of hydrogen-bond donors (Lipinski definition) is 0. The van der Waals surface area contributed by atoms with Crippen LogP contribution >= 0.6 is 0 Å². The van der Waals surface area contributed by atoms with Gasteiger partial charge in [0.25, 0.3) is 5.91 Å². The molecular formula is C20H22N2O5. The second-order valence-electron chi connectivity index (χ2n) is 5.99. The van der Waals surface area contributed by atoms with E-state index in [1.165, 1.54) is 0 Å².